The van der Waals surface area contributed by atoms with Gasteiger partial charge in [0.1, 0.15) is 28.2 Å². The number of H-pyrrole nitrogens is 2. The number of aromatic amines is 2. The van der Waals surface area contributed by atoms with E-state index in [0.717, 1.165) is 79.6 Å². The number of methoxy groups -OCH3 is 1. The van der Waals surface area contributed by atoms with E-state index < -0.39 is 22.4 Å². The van der Waals surface area contributed by atoms with Crippen LogP contribution in [-0.2, 0) is 83.4 Å². The van der Waals surface area contributed by atoms with Crippen LogP contribution in [0.4, 0.5) is 0 Å². The van der Waals surface area contributed by atoms with Crippen LogP contribution in [-0.4, -0.2) is 125 Å². The molecule has 28 nitrogen and oxygen atoms in total. The van der Waals surface area contributed by atoms with Crippen molar-refractivity contribution < 1.29 is 52.5 Å². The fourth-order valence-electron chi connectivity index (χ4n) is 9.39. The molecule has 28 heteroatoms. The maximum absolute atomic E-state index is 12.2. The molecule has 0 aliphatic rings. The molecule has 3 aromatic carbocycles. The molecule has 0 saturated carbocycles. The Labute approximate surface area is 610 Å². The molecule has 2 amide bonds. The van der Waals surface area contributed by atoms with Gasteiger partial charge in [0.2, 0.25) is 0 Å². The Bertz CT molecular complexity index is 4120. The summed E-state index contributed by atoms with van der Waals surface area (Å²) in [5.74, 6) is 5.13. The molecule has 0 radical (unpaired) electrons. The van der Waals surface area contributed by atoms with E-state index in [1.807, 2.05) is 214 Å². The number of amides is 2. The molecule has 0 fully saturated rings. The summed E-state index contributed by atoms with van der Waals surface area (Å²) in [6, 6.07) is 37.2. The highest BCUT2D eigenvalue weighted by atomic mass is 16.6. The van der Waals surface area contributed by atoms with Gasteiger partial charge in [0, 0.05) is 60.6 Å². The number of rotatable bonds is 21. The number of nitrogens with two attached hydrogens (primary N) is 3. The lowest BCUT2D eigenvalue weighted by Crippen LogP contribution is -2.27. The zero-order valence-corrected chi connectivity index (χ0v) is 64.0. The van der Waals surface area contributed by atoms with E-state index in [1.165, 1.54) is 14.4 Å². The van der Waals surface area contributed by atoms with E-state index in [-0.39, 0.29) is 42.1 Å². The zero-order valence-electron chi connectivity index (χ0n) is 64.0. The molecule has 0 aliphatic carbocycles. The Morgan fingerprint density at radius 1 is 0.433 bits per heavy atom. The first kappa shape index (κ1) is 85.7. The standard InChI is InChI=1S/C19H26N2O3.C18H23N3O3.C12H14N4O.C11H19N3O2.C11H18N2O2.C5H9N3/c1-14-12-16(8-11-18(22)24-19(2,3)4)21(20-14)13-15-6-9-17(23-5)10-7-15;1-13-12-15(10-11-16(22)24-18(2,3)4)21(19-13)20-17(23)14-8-6-5-7-9-14;1-9-7-11(8-13)16(14-9)15-12(17)10-5-3-2-4-6-10;1-8-7-9(14(12)13-8)5-6-10(15)16-11(2,3)4;1-8-7-9(13-12-8)5-6-10(14)15-11(2,3)4;1-4-2-5(3-6)8-7-4/h6-7,9-10,12H,8,11,13H2,1-5H3;5-9,12H,10-11H2,1-4H3,(H,20,23);2-7H,8,13H2,1H3,(H,15,17);7H,5-6,12H2,1-4H3;7H,5-6H2,1-4H3,(H,12,13);2H,3,6H2,1H3,(H,7,8). The Hall–Kier alpha value is -10.7. The van der Waals surface area contributed by atoms with Crippen molar-refractivity contribution >= 4 is 35.7 Å². The summed E-state index contributed by atoms with van der Waals surface area (Å²) in [5.41, 5.74) is 27.4. The Balaban J connectivity index is 0.000000271. The van der Waals surface area contributed by atoms with Crippen LogP contribution in [0.25, 0.3) is 0 Å². The van der Waals surface area contributed by atoms with Crippen LogP contribution < -0.4 is 32.9 Å². The summed E-state index contributed by atoms with van der Waals surface area (Å²) in [7, 11) is 1.65. The first-order chi connectivity index (χ1) is 48.7. The van der Waals surface area contributed by atoms with Gasteiger partial charge in [-0.3, -0.25) is 43.6 Å². The Kier molecular flexibility index (Phi) is 33.6. The van der Waals surface area contributed by atoms with Crippen LogP contribution in [0, 0.1) is 41.5 Å². The van der Waals surface area contributed by atoms with Crippen molar-refractivity contribution in [2.75, 3.05) is 23.8 Å². The topological polar surface area (TPSA) is 379 Å². The van der Waals surface area contributed by atoms with Gasteiger partial charge in [-0.25, -0.2) is 10.9 Å². The number of nitrogens with one attached hydrogen (secondary N) is 4. The van der Waals surface area contributed by atoms with Crippen LogP contribution in [0.2, 0.25) is 0 Å². The van der Waals surface area contributed by atoms with E-state index >= 15 is 0 Å². The van der Waals surface area contributed by atoms with E-state index in [9.17, 15) is 28.8 Å². The van der Waals surface area contributed by atoms with Gasteiger partial charge in [0.15, 0.2) is 0 Å². The minimum Gasteiger partial charge on any atom is -0.497 e. The van der Waals surface area contributed by atoms with Crippen LogP contribution in [0.5, 0.6) is 5.75 Å². The number of benzene rings is 3. The second kappa shape index (κ2) is 40.8. The third kappa shape index (κ3) is 34.3. The highest BCUT2D eigenvalue weighted by molar-refractivity contribution is 6.00. The van der Waals surface area contributed by atoms with Crippen LogP contribution >= 0.6 is 0 Å². The maximum atomic E-state index is 12.2. The summed E-state index contributed by atoms with van der Waals surface area (Å²) in [4.78, 5) is 74.9. The number of hydrogen-bond donors (Lipinski definition) is 7. The number of carbonyl (C=O) groups is 6. The minimum atomic E-state index is -0.505. The highest BCUT2D eigenvalue weighted by Crippen LogP contribution is 2.18. The number of aromatic nitrogens is 12. The molecule has 6 heterocycles. The molecule has 0 spiro atoms. The van der Waals surface area contributed by atoms with Crippen molar-refractivity contribution in [1.29, 1.82) is 0 Å². The molecule has 10 N–H and O–H groups in total. The molecule has 9 aromatic rings. The number of carbonyl (C=O) groups excluding carboxylic acids is 6. The molecular weight excluding hydrogens is 1330 g/mol. The molecule has 6 aromatic heterocycles. The largest absolute Gasteiger partial charge is 0.497 e. The minimum absolute atomic E-state index is 0.178. The smallest absolute Gasteiger partial charge is 0.306 e. The van der Waals surface area contributed by atoms with Crippen molar-refractivity contribution in [2.24, 2.45) is 11.5 Å². The van der Waals surface area contributed by atoms with Crippen LogP contribution in [0.1, 0.15) is 203 Å². The van der Waals surface area contributed by atoms with E-state index in [1.54, 1.807) is 43.5 Å². The predicted molar refractivity (Wildman–Crippen MR) is 399 cm³/mol. The number of nitrogens with zero attached hydrogens (tertiary/aromatic N) is 10. The van der Waals surface area contributed by atoms with Gasteiger partial charge >= 0.3 is 23.9 Å². The number of esters is 4. The summed E-state index contributed by atoms with van der Waals surface area (Å²) >= 11 is 0. The number of nitrogen functional groups attached to an aromatic ring is 1. The molecule has 9 rings (SSSR count). The lowest BCUT2D eigenvalue weighted by molar-refractivity contribution is -0.155. The van der Waals surface area contributed by atoms with Crippen molar-refractivity contribution in [1.82, 2.24) is 59.8 Å². The maximum Gasteiger partial charge on any atom is 0.306 e. The van der Waals surface area contributed by atoms with Crippen molar-refractivity contribution in [3.05, 3.63) is 206 Å². The predicted octanol–water partition coefficient (Wildman–Crippen LogP) is 10.8. The molecule has 0 bridgehead atoms. The molecule has 104 heavy (non-hydrogen) atoms. The SMILES string of the molecule is COc1ccc(Cn2nc(C)cc2CCC(=O)OC(C)(C)C)cc1.Cc1cc(CCC(=O)OC(C)(C)C)n(N)n1.Cc1cc(CCC(=O)OC(C)(C)C)n(NC(=O)c2ccccc2)n1.Cc1cc(CCC(=O)OC(C)(C)C)n[nH]1.Cc1cc(CN)n(NC(=O)c2ccccc2)n1.Cc1cc(CN)n[nH]1. The molecular formula is C76H109N17O11. The average Bonchev–Trinajstić information content (AvgIpc) is 1.71. The second-order valence-corrected chi connectivity index (χ2v) is 28.3. The number of ether oxygens (including phenoxy) is 5. The quantitative estimate of drug-likeness (QED) is 0.0200. The van der Waals surface area contributed by atoms with Gasteiger partial charge in [-0.2, -0.15) is 45.0 Å². The molecule has 0 unspecified atom stereocenters. The van der Waals surface area contributed by atoms with Crippen LogP contribution in [0.3, 0.4) is 0 Å². The van der Waals surface area contributed by atoms with Gasteiger partial charge < -0.3 is 41.0 Å². The van der Waals surface area contributed by atoms with Crippen molar-refractivity contribution in [3.8, 4) is 5.75 Å². The third-order valence-corrected chi connectivity index (χ3v) is 13.7. The van der Waals surface area contributed by atoms with Gasteiger partial charge in [-0.15, -0.1) is 0 Å². The lowest BCUT2D eigenvalue weighted by Gasteiger charge is -2.19. The van der Waals surface area contributed by atoms with Crippen LogP contribution in [0.15, 0.2) is 121 Å². The Morgan fingerprint density at radius 3 is 1.17 bits per heavy atom. The van der Waals surface area contributed by atoms with Gasteiger partial charge in [-0.05, 0) is 209 Å². The molecule has 564 valence electrons. The van der Waals surface area contributed by atoms with Crippen molar-refractivity contribution in [2.45, 2.75) is 218 Å². The van der Waals surface area contributed by atoms with Gasteiger partial charge in [0.25, 0.3) is 11.8 Å². The Morgan fingerprint density at radius 2 is 0.798 bits per heavy atom. The lowest BCUT2D eigenvalue weighted by atomic mass is 10.1. The third-order valence-electron chi connectivity index (χ3n) is 13.7. The van der Waals surface area contributed by atoms with Gasteiger partial charge in [-0.1, -0.05) is 48.5 Å². The molecule has 0 aliphatic heterocycles. The second-order valence-electron chi connectivity index (χ2n) is 28.3. The fourth-order valence-corrected chi connectivity index (χ4v) is 9.39. The zero-order chi connectivity index (χ0) is 77.5. The number of hydrogen-bond acceptors (Lipinski definition) is 20. The molecule has 0 saturated heterocycles. The van der Waals surface area contributed by atoms with E-state index in [2.05, 4.69) is 51.6 Å². The normalized spacial score (nSPS) is 11.0. The number of aryl methyl sites for hydroxylation is 10. The fraction of sp³-hybridized carbons (Fsp3) is 0.447. The summed E-state index contributed by atoms with van der Waals surface area (Å²) in [6.45, 7) is 35.2. The first-order valence-corrected chi connectivity index (χ1v) is 34.3. The monoisotopic (exact) mass is 1440 g/mol. The first-order valence-electron chi connectivity index (χ1n) is 34.3. The average molecular weight is 1440 g/mol. The summed E-state index contributed by atoms with van der Waals surface area (Å²) < 4.78 is 28.2. The van der Waals surface area contributed by atoms with E-state index in [4.69, 9.17) is 41.0 Å². The summed E-state index contributed by atoms with van der Waals surface area (Å²) in [5, 5.41) is 30.5. The van der Waals surface area contributed by atoms with Crippen molar-refractivity contribution in [3.63, 3.8) is 0 Å². The summed E-state index contributed by atoms with van der Waals surface area (Å²) in [6.07, 6.45) is 3.50. The van der Waals surface area contributed by atoms with E-state index in [0.29, 0.717) is 75.7 Å². The highest BCUT2D eigenvalue weighted by Gasteiger charge is 2.22. The molecule has 0 atom stereocenters. The van der Waals surface area contributed by atoms with Gasteiger partial charge in [0.05, 0.1) is 90.6 Å².